The fourth-order valence-electron chi connectivity index (χ4n) is 1.98. The number of nitrogens with zero attached hydrogens (tertiary/aromatic N) is 1. The van der Waals surface area contributed by atoms with E-state index in [1.54, 1.807) is 17.4 Å². The number of H-pyrrole nitrogens is 1. The van der Waals surface area contributed by atoms with Crippen molar-refractivity contribution in [2.75, 3.05) is 0 Å². The minimum atomic E-state index is -1.06. The summed E-state index contributed by atoms with van der Waals surface area (Å²) in [6, 6.07) is 8.27. The topological polar surface area (TPSA) is 83.0 Å². The van der Waals surface area contributed by atoms with Gasteiger partial charge in [-0.3, -0.25) is 4.79 Å². The third kappa shape index (κ3) is 2.33. The molecule has 0 aliphatic rings. The summed E-state index contributed by atoms with van der Waals surface area (Å²) in [7, 11) is 0. The first-order valence-corrected chi connectivity index (χ1v) is 6.80. The average Bonchev–Trinajstić information content (AvgIpc) is 2.91. The zero-order valence-corrected chi connectivity index (χ0v) is 11.1. The highest BCUT2D eigenvalue weighted by Crippen LogP contribution is 2.14. The molecule has 2 aromatic heterocycles. The number of carboxylic acids is 1. The van der Waals surface area contributed by atoms with Gasteiger partial charge in [0.25, 0.3) is 5.56 Å². The van der Waals surface area contributed by atoms with Gasteiger partial charge >= 0.3 is 5.97 Å². The number of benzene rings is 1. The molecule has 2 N–H and O–H groups in total. The van der Waals surface area contributed by atoms with Crippen molar-refractivity contribution in [3.05, 3.63) is 62.3 Å². The van der Waals surface area contributed by atoms with E-state index in [2.05, 4.69) is 9.97 Å². The van der Waals surface area contributed by atoms with Gasteiger partial charge in [0.05, 0.1) is 16.5 Å². The van der Waals surface area contributed by atoms with Crippen LogP contribution >= 0.6 is 11.3 Å². The number of aromatic carboxylic acids is 1. The van der Waals surface area contributed by atoms with Crippen molar-refractivity contribution in [2.24, 2.45) is 0 Å². The minimum absolute atomic E-state index is 0.0795. The lowest BCUT2D eigenvalue weighted by molar-refractivity contribution is 0.0697. The number of carbonyl (C=O) groups is 1. The van der Waals surface area contributed by atoms with E-state index in [1.165, 1.54) is 12.1 Å². The molecule has 0 spiro atoms. The van der Waals surface area contributed by atoms with Crippen molar-refractivity contribution in [1.29, 1.82) is 0 Å². The number of hydrogen-bond donors (Lipinski definition) is 2. The number of hydrogen-bond acceptors (Lipinski definition) is 4. The van der Waals surface area contributed by atoms with Crippen LogP contribution in [0.5, 0.6) is 0 Å². The molecule has 5 nitrogen and oxygen atoms in total. The van der Waals surface area contributed by atoms with Crippen LogP contribution in [0.1, 0.15) is 21.1 Å². The van der Waals surface area contributed by atoms with E-state index in [0.717, 1.165) is 4.88 Å². The Labute approximate surface area is 117 Å². The molecule has 0 saturated carbocycles. The summed E-state index contributed by atoms with van der Waals surface area (Å²) < 4.78 is 0. The lowest BCUT2D eigenvalue weighted by atomic mass is 10.1. The van der Waals surface area contributed by atoms with Crippen LogP contribution < -0.4 is 5.56 Å². The summed E-state index contributed by atoms with van der Waals surface area (Å²) in [5.41, 5.74) is 0.269. The Bertz CT molecular complexity index is 837. The largest absolute Gasteiger partial charge is 0.478 e. The highest BCUT2D eigenvalue weighted by Gasteiger charge is 2.09. The van der Waals surface area contributed by atoms with Crippen LogP contribution in [-0.2, 0) is 6.42 Å². The van der Waals surface area contributed by atoms with Gasteiger partial charge in [-0.15, -0.1) is 11.3 Å². The average molecular weight is 286 g/mol. The molecule has 0 radical (unpaired) electrons. The summed E-state index contributed by atoms with van der Waals surface area (Å²) >= 11 is 1.60. The lowest BCUT2D eigenvalue weighted by Gasteiger charge is -2.02. The summed E-state index contributed by atoms with van der Waals surface area (Å²) in [6.45, 7) is 0. The molecule has 0 aliphatic heterocycles. The molecule has 0 saturated heterocycles. The van der Waals surface area contributed by atoms with Crippen LogP contribution in [0.15, 0.2) is 40.5 Å². The first-order chi connectivity index (χ1) is 9.63. The summed E-state index contributed by atoms with van der Waals surface area (Å²) in [5, 5.41) is 11.2. The third-order valence-corrected chi connectivity index (χ3v) is 3.80. The molecule has 1 aromatic carbocycles. The number of aromatic amines is 1. The number of carboxylic acid groups (broad SMARTS) is 1. The fraction of sp³-hybridized carbons (Fsp3) is 0.0714. The third-order valence-electron chi connectivity index (χ3n) is 2.92. The molecule has 6 heteroatoms. The lowest BCUT2D eigenvalue weighted by Crippen LogP contribution is -2.12. The van der Waals surface area contributed by atoms with Gasteiger partial charge in [0, 0.05) is 11.3 Å². The maximum atomic E-state index is 12.0. The molecular weight excluding hydrogens is 276 g/mol. The van der Waals surface area contributed by atoms with Crippen molar-refractivity contribution in [2.45, 2.75) is 6.42 Å². The first kappa shape index (κ1) is 12.6. The Hall–Kier alpha value is -2.47. The summed E-state index contributed by atoms with van der Waals surface area (Å²) in [6.07, 6.45) is 0.559. The highest BCUT2D eigenvalue weighted by atomic mass is 32.1. The van der Waals surface area contributed by atoms with Crippen molar-refractivity contribution < 1.29 is 9.90 Å². The van der Waals surface area contributed by atoms with Gasteiger partial charge in [-0.1, -0.05) is 6.07 Å². The predicted octanol–water partition coefficient (Wildman–Crippen LogP) is 2.27. The van der Waals surface area contributed by atoms with Gasteiger partial charge in [0.2, 0.25) is 0 Å². The molecule has 0 bridgehead atoms. The van der Waals surface area contributed by atoms with Gasteiger partial charge in [0.15, 0.2) is 0 Å². The number of rotatable bonds is 3. The number of aromatic nitrogens is 2. The van der Waals surface area contributed by atoms with Crippen LogP contribution in [0.4, 0.5) is 0 Å². The Balaban J connectivity index is 2.08. The maximum Gasteiger partial charge on any atom is 0.335 e. The molecule has 2 heterocycles. The van der Waals surface area contributed by atoms with E-state index in [0.29, 0.717) is 23.1 Å². The van der Waals surface area contributed by atoms with Crippen LogP contribution in [-0.4, -0.2) is 21.0 Å². The van der Waals surface area contributed by atoms with Gasteiger partial charge in [-0.2, -0.15) is 0 Å². The van der Waals surface area contributed by atoms with Crippen LogP contribution in [0.2, 0.25) is 0 Å². The molecule has 0 unspecified atom stereocenters. The molecule has 3 aromatic rings. The zero-order chi connectivity index (χ0) is 14.1. The maximum absolute atomic E-state index is 12.0. The Kier molecular flexibility index (Phi) is 3.08. The van der Waals surface area contributed by atoms with Crippen LogP contribution in [0, 0.1) is 0 Å². The Morgan fingerprint density at radius 3 is 2.90 bits per heavy atom. The van der Waals surface area contributed by atoms with Gasteiger partial charge in [-0.25, -0.2) is 9.78 Å². The predicted molar refractivity (Wildman–Crippen MR) is 76.4 cm³/mol. The second-order valence-corrected chi connectivity index (χ2v) is 5.34. The first-order valence-electron chi connectivity index (χ1n) is 5.92. The molecular formula is C14H10N2O3S. The van der Waals surface area contributed by atoms with Crippen molar-refractivity contribution in [1.82, 2.24) is 9.97 Å². The normalized spacial score (nSPS) is 10.8. The highest BCUT2D eigenvalue weighted by molar-refractivity contribution is 7.09. The molecule has 0 aliphatic carbocycles. The number of nitrogens with one attached hydrogen (secondary N) is 1. The SMILES string of the molecule is O=C(O)c1ccc2nc(Cc3cccs3)[nH]c(=O)c2c1. The van der Waals surface area contributed by atoms with E-state index in [9.17, 15) is 9.59 Å². The van der Waals surface area contributed by atoms with Crippen molar-refractivity contribution in [3.8, 4) is 0 Å². The van der Waals surface area contributed by atoms with E-state index >= 15 is 0 Å². The quantitative estimate of drug-likeness (QED) is 0.773. The second-order valence-electron chi connectivity index (χ2n) is 4.31. The summed E-state index contributed by atoms with van der Waals surface area (Å²) in [4.78, 5) is 31.1. The molecule has 0 amide bonds. The van der Waals surface area contributed by atoms with Crippen molar-refractivity contribution in [3.63, 3.8) is 0 Å². The van der Waals surface area contributed by atoms with Gasteiger partial charge < -0.3 is 10.1 Å². The van der Waals surface area contributed by atoms with Gasteiger partial charge in [0.1, 0.15) is 5.82 Å². The zero-order valence-electron chi connectivity index (χ0n) is 10.3. The monoisotopic (exact) mass is 286 g/mol. The van der Waals surface area contributed by atoms with Crippen LogP contribution in [0.3, 0.4) is 0 Å². The fourth-order valence-corrected chi connectivity index (χ4v) is 2.69. The Morgan fingerprint density at radius 2 is 2.20 bits per heavy atom. The van der Waals surface area contributed by atoms with E-state index in [1.807, 2.05) is 17.5 Å². The molecule has 0 fully saturated rings. The molecule has 100 valence electrons. The molecule has 3 rings (SSSR count). The standard InChI is InChI=1S/C14H10N2O3S/c17-13-10-6-8(14(18)19)3-4-11(10)15-12(16-13)7-9-2-1-5-20-9/h1-6H,7H2,(H,18,19)(H,15,16,17). The number of fused-ring (bicyclic) bond motifs is 1. The van der Waals surface area contributed by atoms with Crippen molar-refractivity contribution >= 4 is 28.2 Å². The smallest absolute Gasteiger partial charge is 0.335 e. The molecule has 0 atom stereocenters. The summed E-state index contributed by atoms with van der Waals surface area (Å²) in [5.74, 6) is -0.484. The number of thiophene rings is 1. The van der Waals surface area contributed by atoms with E-state index in [-0.39, 0.29) is 11.1 Å². The van der Waals surface area contributed by atoms with Crippen LogP contribution in [0.25, 0.3) is 10.9 Å². The second kappa shape index (κ2) is 4.90. The van der Waals surface area contributed by atoms with E-state index in [4.69, 9.17) is 5.11 Å². The van der Waals surface area contributed by atoms with Gasteiger partial charge in [-0.05, 0) is 29.6 Å². The minimum Gasteiger partial charge on any atom is -0.478 e. The van der Waals surface area contributed by atoms with E-state index < -0.39 is 5.97 Å². The Morgan fingerprint density at radius 1 is 1.35 bits per heavy atom. The molecule has 20 heavy (non-hydrogen) atoms.